The van der Waals surface area contributed by atoms with E-state index in [9.17, 15) is 9.90 Å². The van der Waals surface area contributed by atoms with Gasteiger partial charge in [0.25, 0.3) is 0 Å². The molecular formula is C23H26BrNO3S2. The summed E-state index contributed by atoms with van der Waals surface area (Å²) >= 11 is 2.73. The second-order valence-electron chi connectivity index (χ2n) is 8.03. The van der Waals surface area contributed by atoms with Gasteiger partial charge in [0.15, 0.2) is 6.10 Å². The molecule has 0 spiro atoms. The summed E-state index contributed by atoms with van der Waals surface area (Å²) in [7, 11) is 0. The summed E-state index contributed by atoms with van der Waals surface area (Å²) in [6, 6.07) is 17.7. The lowest BCUT2D eigenvalue weighted by atomic mass is 9.93. The molecular weight excluding hydrogens is 482 g/mol. The number of thiophene rings is 2. The average Bonchev–Trinajstić information content (AvgIpc) is 3.50. The summed E-state index contributed by atoms with van der Waals surface area (Å²) in [5.41, 5.74) is -0.532. The Kier molecular flexibility index (Phi) is 7.20. The van der Waals surface area contributed by atoms with Crippen LogP contribution in [0.1, 0.15) is 35.6 Å². The number of ether oxygens (including phenoxy) is 1. The van der Waals surface area contributed by atoms with Crippen molar-refractivity contribution in [1.82, 2.24) is 0 Å². The molecule has 1 unspecified atom stereocenters. The van der Waals surface area contributed by atoms with Crippen molar-refractivity contribution >= 4 is 28.6 Å². The maximum Gasteiger partial charge on any atom is 0.349 e. The minimum atomic E-state index is -1.74. The Balaban J connectivity index is 0.00000256. The van der Waals surface area contributed by atoms with E-state index in [1.54, 1.807) is 12.1 Å². The molecule has 1 aliphatic rings. The molecule has 2 N–H and O–H groups in total. The van der Waals surface area contributed by atoms with Crippen molar-refractivity contribution in [2.24, 2.45) is 0 Å². The molecule has 4 nitrogen and oxygen atoms in total. The van der Waals surface area contributed by atoms with Crippen molar-refractivity contribution < 1.29 is 36.5 Å². The fourth-order valence-electron chi connectivity index (χ4n) is 4.07. The maximum atomic E-state index is 13.2. The number of esters is 1. The Morgan fingerprint density at radius 3 is 2.17 bits per heavy atom. The molecule has 3 aromatic rings. The lowest BCUT2D eigenvalue weighted by Crippen LogP contribution is -3.16. The Labute approximate surface area is 195 Å². The molecule has 1 aromatic carbocycles. The van der Waals surface area contributed by atoms with E-state index in [0.29, 0.717) is 9.75 Å². The minimum Gasteiger partial charge on any atom is -1.00 e. The van der Waals surface area contributed by atoms with Gasteiger partial charge in [-0.1, -0.05) is 42.5 Å². The van der Waals surface area contributed by atoms with Gasteiger partial charge in [-0.05, 0) is 36.7 Å². The molecule has 7 heteroatoms. The molecule has 0 radical (unpaired) electrons. The second-order valence-corrected chi connectivity index (χ2v) is 9.93. The highest BCUT2D eigenvalue weighted by Gasteiger charge is 2.47. The van der Waals surface area contributed by atoms with Gasteiger partial charge in [-0.25, -0.2) is 4.79 Å². The van der Waals surface area contributed by atoms with Crippen LogP contribution in [0.4, 0.5) is 0 Å². The number of likely N-dealkylation sites (tertiary alicyclic amines) is 1. The van der Waals surface area contributed by atoms with Gasteiger partial charge in [-0.3, -0.25) is 0 Å². The Morgan fingerprint density at radius 2 is 1.63 bits per heavy atom. The van der Waals surface area contributed by atoms with Crippen molar-refractivity contribution in [2.45, 2.75) is 37.5 Å². The third-order valence-corrected chi connectivity index (χ3v) is 7.90. The summed E-state index contributed by atoms with van der Waals surface area (Å²) in [6.45, 7) is 6.12. The van der Waals surface area contributed by atoms with E-state index in [4.69, 9.17) is 4.74 Å². The standard InChI is InChI=1S/C23H25NO3S2.BrH/c1-22(2,17-8-4-3-5-9-17)24-13-12-18(16-24)27-21(25)23(26,19-10-6-14-28-19)20-11-7-15-29-20;/h3-11,14-15,18,26H,12-13,16H2,1-2H3;1H/t18-;/m1./s1. The van der Waals surface area contributed by atoms with Crippen LogP contribution in [0.2, 0.25) is 0 Å². The van der Waals surface area contributed by atoms with E-state index in [1.165, 1.54) is 33.1 Å². The predicted molar refractivity (Wildman–Crippen MR) is 116 cm³/mol. The van der Waals surface area contributed by atoms with Crippen LogP contribution in [0.5, 0.6) is 0 Å². The van der Waals surface area contributed by atoms with E-state index in [2.05, 4.69) is 38.1 Å². The Morgan fingerprint density at radius 1 is 1.03 bits per heavy atom. The zero-order valence-corrected chi connectivity index (χ0v) is 20.2. The summed E-state index contributed by atoms with van der Waals surface area (Å²) in [5.74, 6) is -0.578. The minimum absolute atomic E-state index is 0. The van der Waals surface area contributed by atoms with Crippen LogP contribution >= 0.6 is 22.7 Å². The van der Waals surface area contributed by atoms with Crippen molar-refractivity contribution in [3.63, 3.8) is 0 Å². The first-order chi connectivity index (χ1) is 13.9. The summed E-state index contributed by atoms with van der Waals surface area (Å²) < 4.78 is 5.89. The zero-order valence-electron chi connectivity index (χ0n) is 17.0. The topological polar surface area (TPSA) is 51.0 Å². The van der Waals surface area contributed by atoms with Gasteiger partial charge >= 0.3 is 5.97 Å². The summed E-state index contributed by atoms with van der Waals surface area (Å²) in [6.07, 6.45) is 0.592. The summed E-state index contributed by atoms with van der Waals surface area (Å²) in [4.78, 5) is 15.8. The van der Waals surface area contributed by atoms with Gasteiger partial charge in [-0.15, -0.1) is 22.7 Å². The van der Waals surface area contributed by atoms with Crippen molar-refractivity contribution in [2.75, 3.05) is 13.1 Å². The largest absolute Gasteiger partial charge is 1.00 e. The van der Waals surface area contributed by atoms with E-state index >= 15 is 0 Å². The van der Waals surface area contributed by atoms with E-state index in [0.717, 1.165) is 19.5 Å². The summed E-state index contributed by atoms with van der Waals surface area (Å²) in [5, 5.41) is 15.1. The van der Waals surface area contributed by atoms with Gasteiger partial charge in [0, 0.05) is 12.0 Å². The number of rotatable bonds is 6. The Hall–Kier alpha value is -1.51. The molecule has 1 aliphatic heterocycles. The van der Waals surface area contributed by atoms with Crippen molar-refractivity contribution in [1.29, 1.82) is 0 Å². The Bertz CT molecular complexity index is 908. The number of benzene rings is 1. The normalized spacial score (nSPS) is 19.3. The average molecular weight is 509 g/mol. The van der Waals surface area contributed by atoms with E-state index in [-0.39, 0.29) is 28.6 Å². The molecule has 0 saturated carbocycles. The highest BCUT2D eigenvalue weighted by Crippen LogP contribution is 2.37. The number of aliphatic hydroxyl groups is 1. The first kappa shape index (κ1) is 23.2. The molecule has 30 heavy (non-hydrogen) atoms. The molecule has 2 atom stereocenters. The first-order valence-corrected chi connectivity index (χ1v) is 11.6. The van der Waals surface area contributed by atoms with Gasteiger partial charge in [0.05, 0.1) is 16.3 Å². The highest BCUT2D eigenvalue weighted by molar-refractivity contribution is 7.12. The quantitative estimate of drug-likeness (QED) is 0.468. The van der Waals surface area contributed by atoms with Gasteiger partial charge in [0.2, 0.25) is 5.60 Å². The molecule has 1 saturated heterocycles. The fourth-order valence-corrected chi connectivity index (χ4v) is 5.78. The molecule has 160 valence electrons. The molecule has 4 rings (SSSR count). The lowest BCUT2D eigenvalue weighted by Gasteiger charge is -2.33. The molecule has 1 fully saturated rings. The molecule has 0 aliphatic carbocycles. The SMILES string of the molecule is CC(C)(c1ccccc1)[NH+]1CC[C@@H](OC(=O)C(O)(c2cccs2)c2cccs2)C1.[Br-]. The third-order valence-electron chi connectivity index (χ3n) is 5.95. The van der Waals surface area contributed by atoms with E-state index in [1.807, 2.05) is 29.0 Å². The monoisotopic (exact) mass is 507 g/mol. The van der Waals surface area contributed by atoms with Crippen molar-refractivity contribution in [3.8, 4) is 0 Å². The number of halogens is 1. The van der Waals surface area contributed by atoms with Crippen LogP contribution in [0, 0.1) is 0 Å². The van der Waals surface area contributed by atoms with Crippen LogP contribution in [-0.2, 0) is 20.7 Å². The first-order valence-electron chi connectivity index (χ1n) is 9.84. The predicted octanol–water partition coefficient (Wildman–Crippen LogP) is 0.185. The van der Waals surface area contributed by atoms with Crippen LogP contribution in [0.25, 0.3) is 0 Å². The molecule has 0 amide bonds. The number of hydrogen-bond acceptors (Lipinski definition) is 5. The van der Waals surface area contributed by atoms with E-state index < -0.39 is 11.6 Å². The number of carbonyl (C=O) groups excluding carboxylic acids is 1. The van der Waals surface area contributed by atoms with Crippen molar-refractivity contribution in [3.05, 3.63) is 80.7 Å². The number of nitrogens with one attached hydrogen (secondary N) is 1. The zero-order chi connectivity index (χ0) is 20.5. The van der Waals surface area contributed by atoms with Crippen LogP contribution in [0.3, 0.4) is 0 Å². The fraction of sp³-hybridized carbons (Fsp3) is 0.348. The molecule has 3 heterocycles. The van der Waals surface area contributed by atoms with Crippen LogP contribution < -0.4 is 21.9 Å². The second kappa shape index (κ2) is 9.32. The molecule has 0 bridgehead atoms. The van der Waals surface area contributed by atoms with Gasteiger partial charge in [-0.2, -0.15) is 0 Å². The number of hydrogen-bond donors (Lipinski definition) is 2. The smallest absolute Gasteiger partial charge is 0.349 e. The maximum absolute atomic E-state index is 13.2. The van der Waals surface area contributed by atoms with Gasteiger partial charge in [0.1, 0.15) is 12.1 Å². The highest BCUT2D eigenvalue weighted by atomic mass is 79.9. The number of quaternary nitrogens is 1. The number of carbonyl (C=O) groups is 1. The third kappa shape index (κ3) is 4.27. The molecule has 2 aromatic heterocycles. The van der Waals surface area contributed by atoms with Gasteiger partial charge < -0.3 is 31.7 Å². The van der Waals surface area contributed by atoms with Crippen LogP contribution in [-0.4, -0.2) is 30.3 Å². The van der Waals surface area contributed by atoms with Crippen LogP contribution in [0.15, 0.2) is 65.4 Å². The lowest BCUT2D eigenvalue weighted by molar-refractivity contribution is -0.946.